The van der Waals surface area contributed by atoms with Gasteiger partial charge in [0.05, 0.1) is 19.3 Å². The first-order valence-electron chi connectivity index (χ1n) is 8.29. The molecule has 0 aliphatic carbocycles. The monoisotopic (exact) mass is 347 g/mol. The van der Waals surface area contributed by atoms with Gasteiger partial charge >= 0.3 is 6.03 Å². The number of rotatable bonds is 7. The van der Waals surface area contributed by atoms with Crippen molar-refractivity contribution in [3.8, 4) is 17.3 Å². The van der Waals surface area contributed by atoms with Gasteiger partial charge in [-0.15, -0.1) is 0 Å². The lowest BCUT2D eigenvalue weighted by Crippen LogP contribution is -2.39. The van der Waals surface area contributed by atoms with Crippen LogP contribution in [-0.2, 0) is 11.3 Å². The number of hydrogen-bond donors (Lipinski definition) is 2. The largest absolute Gasteiger partial charge is 0.478 e. The zero-order valence-electron chi connectivity index (χ0n) is 14.0. The Kier molecular flexibility index (Phi) is 5.78. The van der Waals surface area contributed by atoms with E-state index in [-0.39, 0.29) is 18.7 Å². The zero-order valence-corrected chi connectivity index (χ0v) is 14.0. The molecule has 2 amide bonds. The molecule has 1 atom stereocenters. The first-order chi connectivity index (χ1) is 12.2. The lowest BCUT2D eigenvalue weighted by Gasteiger charge is -2.10. The molecule has 0 aromatic carbocycles. The molecule has 1 saturated heterocycles. The van der Waals surface area contributed by atoms with Gasteiger partial charge in [-0.1, -0.05) is 5.16 Å². The van der Waals surface area contributed by atoms with Crippen LogP contribution < -0.4 is 15.4 Å². The number of pyridine rings is 1. The van der Waals surface area contributed by atoms with Crippen molar-refractivity contribution in [2.24, 2.45) is 0 Å². The Balaban J connectivity index is 1.46. The molecule has 2 aromatic rings. The first kappa shape index (κ1) is 17.2. The highest BCUT2D eigenvalue weighted by Gasteiger charge is 2.16. The summed E-state index contributed by atoms with van der Waals surface area (Å²) in [6.07, 6.45) is 3.73. The maximum Gasteiger partial charge on any atom is 0.315 e. The summed E-state index contributed by atoms with van der Waals surface area (Å²) in [6, 6.07) is 3.25. The average molecular weight is 347 g/mol. The summed E-state index contributed by atoms with van der Waals surface area (Å²) in [7, 11) is 0. The predicted octanol–water partition coefficient (Wildman–Crippen LogP) is 1.51. The Labute approximate surface area is 145 Å². The molecular formula is C16H21N5O4. The smallest absolute Gasteiger partial charge is 0.315 e. The van der Waals surface area contributed by atoms with Gasteiger partial charge in [-0.05, 0) is 25.8 Å². The summed E-state index contributed by atoms with van der Waals surface area (Å²) in [5.41, 5.74) is 0.710. The van der Waals surface area contributed by atoms with Crippen molar-refractivity contribution < 1.29 is 18.8 Å². The average Bonchev–Trinajstić information content (AvgIpc) is 3.31. The molecule has 0 radical (unpaired) electrons. The van der Waals surface area contributed by atoms with Crippen LogP contribution in [0.3, 0.4) is 0 Å². The third kappa shape index (κ3) is 4.90. The fourth-order valence-electron chi connectivity index (χ4n) is 2.42. The maximum absolute atomic E-state index is 11.8. The molecule has 2 N–H and O–H groups in total. The molecule has 1 fully saturated rings. The quantitative estimate of drug-likeness (QED) is 0.781. The van der Waals surface area contributed by atoms with Crippen molar-refractivity contribution in [1.29, 1.82) is 0 Å². The van der Waals surface area contributed by atoms with Gasteiger partial charge in [0.1, 0.15) is 0 Å². The van der Waals surface area contributed by atoms with Crippen LogP contribution in [0.25, 0.3) is 11.4 Å². The summed E-state index contributed by atoms with van der Waals surface area (Å²) in [4.78, 5) is 20.2. The summed E-state index contributed by atoms with van der Waals surface area (Å²) in [5, 5.41) is 9.33. The molecule has 3 heterocycles. The van der Waals surface area contributed by atoms with Crippen molar-refractivity contribution in [2.45, 2.75) is 32.4 Å². The van der Waals surface area contributed by atoms with Crippen LogP contribution in [0.1, 0.15) is 25.7 Å². The highest BCUT2D eigenvalue weighted by atomic mass is 16.5. The van der Waals surface area contributed by atoms with E-state index >= 15 is 0 Å². The third-order valence-electron chi connectivity index (χ3n) is 3.67. The topological polar surface area (TPSA) is 111 Å². The van der Waals surface area contributed by atoms with Gasteiger partial charge in [0, 0.05) is 31.0 Å². The number of urea groups is 1. The Morgan fingerprint density at radius 2 is 2.32 bits per heavy atom. The Morgan fingerprint density at radius 1 is 1.40 bits per heavy atom. The fourth-order valence-corrected chi connectivity index (χ4v) is 2.42. The van der Waals surface area contributed by atoms with Crippen LogP contribution in [-0.4, -0.2) is 47.0 Å². The molecule has 25 heavy (non-hydrogen) atoms. The van der Waals surface area contributed by atoms with Gasteiger partial charge in [-0.2, -0.15) is 4.98 Å². The second-order valence-corrected chi connectivity index (χ2v) is 5.53. The standard InChI is InChI=1S/C16H21N5O4/c1-2-23-13-6-5-11(8-17-13)15-20-14(25-21-15)10-19-16(22)18-9-12-4-3-7-24-12/h5-6,8,12H,2-4,7,9-10H2,1H3,(H2,18,19,22)/t12-/m0/s1. The minimum Gasteiger partial charge on any atom is -0.478 e. The molecule has 0 spiro atoms. The Morgan fingerprint density at radius 3 is 3.04 bits per heavy atom. The lowest BCUT2D eigenvalue weighted by atomic mass is 10.2. The second kappa shape index (κ2) is 8.43. The SMILES string of the molecule is CCOc1ccc(-c2noc(CNC(=O)NC[C@@H]3CCCO3)n2)cn1. The van der Waals surface area contributed by atoms with E-state index in [1.54, 1.807) is 18.3 Å². The van der Waals surface area contributed by atoms with E-state index in [0.717, 1.165) is 19.4 Å². The van der Waals surface area contributed by atoms with Crippen LogP contribution in [0.15, 0.2) is 22.9 Å². The summed E-state index contributed by atoms with van der Waals surface area (Å²) in [5.74, 6) is 1.27. The van der Waals surface area contributed by atoms with E-state index in [9.17, 15) is 4.79 Å². The van der Waals surface area contributed by atoms with E-state index in [1.165, 1.54) is 0 Å². The normalized spacial score (nSPS) is 16.6. The van der Waals surface area contributed by atoms with Crippen LogP contribution >= 0.6 is 0 Å². The summed E-state index contributed by atoms with van der Waals surface area (Å²) >= 11 is 0. The van der Waals surface area contributed by atoms with Gasteiger partial charge in [0.25, 0.3) is 0 Å². The number of carbonyl (C=O) groups is 1. The minimum atomic E-state index is -0.294. The molecule has 134 valence electrons. The van der Waals surface area contributed by atoms with Crippen LogP contribution in [0, 0.1) is 0 Å². The molecule has 3 rings (SSSR count). The predicted molar refractivity (Wildman–Crippen MR) is 87.9 cm³/mol. The van der Waals surface area contributed by atoms with Gasteiger partial charge in [-0.25, -0.2) is 9.78 Å². The molecule has 0 bridgehead atoms. The molecule has 0 unspecified atom stereocenters. The molecule has 1 aliphatic rings. The molecule has 9 nitrogen and oxygen atoms in total. The van der Waals surface area contributed by atoms with Crippen molar-refractivity contribution in [1.82, 2.24) is 25.8 Å². The number of nitrogens with zero attached hydrogens (tertiary/aromatic N) is 3. The van der Waals surface area contributed by atoms with E-state index in [1.807, 2.05) is 6.92 Å². The van der Waals surface area contributed by atoms with Crippen molar-refractivity contribution >= 4 is 6.03 Å². The van der Waals surface area contributed by atoms with Crippen LogP contribution in [0.5, 0.6) is 5.88 Å². The van der Waals surface area contributed by atoms with Crippen molar-refractivity contribution in [3.63, 3.8) is 0 Å². The molecule has 0 saturated carbocycles. The molecule has 2 aromatic heterocycles. The highest BCUT2D eigenvalue weighted by molar-refractivity contribution is 5.73. The fraction of sp³-hybridized carbons (Fsp3) is 0.500. The van der Waals surface area contributed by atoms with Gasteiger partial charge < -0.3 is 24.6 Å². The Bertz CT molecular complexity index is 682. The van der Waals surface area contributed by atoms with E-state index < -0.39 is 0 Å². The summed E-state index contributed by atoms with van der Waals surface area (Å²) in [6.45, 7) is 3.86. The van der Waals surface area contributed by atoms with Crippen molar-refractivity contribution in [3.05, 3.63) is 24.2 Å². The minimum absolute atomic E-state index is 0.105. The van der Waals surface area contributed by atoms with E-state index in [4.69, 9.17) is 14.0 Å². The number of ether oxygens (including phenoxy) is 2. The number of amides is 2. The summed E-state index contributed by atoms with van der Waals surface area (Å²) < 4.78 is 15.9. The zero-order chi connectivity index (χ0) is 17.5. The van der Waals surface area contributed by atoms with Gasteiger partial charge in [0.2, 0.25) is 17.6 Å². The molecular weight excluding hydrogens is 326 g/mol. The van der Waals surface area contributed by atoms with Crippen LogP contribution in [0.4, 0.5) is 4.79 Å². The molecule has 1 aliphatic heterocycles. The van der Waals surface area contributed by atoms with Gasteiger partial charge in [0.15, 0.2) is 0 Å². The van der Waals surface area contributed by atoms with E-state index in [0.29, 0.717) is 36.3 Å². The lowest BCUT2D eigenvalue weighted by molar-refractivity contribution is 0.111. The van der Waals surface area contributed by atoms with E-state index in [2.05, 4.69) is 25.8 Å². The maximum atomic E-state index is 11.8. The number of nitrogens with one attached hydrogen (secondary N) is 2. The number of aromatic nitrogens is 3. The number of hydrogen-bond acceptors (Lipinski definition) is 7. The van der Waals surface area contributed by atoms with Crippen LogP contribution in [0.2, 0.25) is 0 Å². The van der Waals surface area contributed by atoms with Gasteiger partial charge in [-0.3, -0.25) is 0 Å². The Hall–Kier alpha value is -2.68. The second-order valence-electron chi connectivity index (χ2n) is 5.53. The number of carbonyl (C=O) groups excluding carboxylic acids is 1. The third-order valence-corrected chi connectivity index (χ3v) is 3.67. The molecule has 9 heteroatoms. The first-order valence-corrected chi connectivity index (χ1v) is 8.29. The highest BCUT2D eigenvalue weighted by Crippen LogP contribution is 2.17. The van der Waals surface area contributed by atoms with Crippen molar-refractivity contribution in [2.75, 3.05) is 19.8 Å².